The Kier molecular flexibility index (Phi) is 5.22. The molecule has 5 nitrogen and oxygen atoms in total. The molecule has 0 saturated heterocycles. The zero-order valence-corrected chi connectivity index (χ0v) is 15.8. The highest BCUT2D eigenvalue weighted by atomic mass is 16.6. The normalized spacial score (nSPS) is 10.8. The van der Waals surface area contributed by atoms with Gasteiger partial charge in [-0.25, -0.2) is 5.48 Å². The maximum Gasteiger partial charge on any atom is 0.278 e. The van der Waals surface area contributed by atoms with Gasteiger partial charge in [-0.1, -0.05) is 66.7 Å². The van der Waals surface area contributed by atoms with E-state index in [-0.39, 0.29) is 23.2 Å². The van der Waals surface area contributed by atoms with E-state index in [0.29, 0.717) is 16.7 Å². The van der Waals surface area contributed by atoms with Crippen LogP contribution in [0.25, 0.3) is 22.3 Å². The summed E-state index contributed by atoms with van der Waals surface area (Å²) in [6.45, 7) is 1.96. The second-order valence-corrected chi connectivity index (χ2v) is 6.64. The first-order valence-corrected chi connectivity index (χ1v) is 9.23. The lowest BCUT2D eigenvalue weighted by Gasteiger charge is -2.11. The zero-order valence-electron chi connectivity index (χ0n) is 15.8. The van der Waals surface area contributed by atoms with Crippen LogP contribution >= 0.6 is 0 Å². The van der Waals surface area contributed by atoms with Crippen LogP contribution < -0.4 is 10.9 Å². The maximum absolute atomic E-state index is 12.9. The fraction of sp³-hybridized carbons (Fsp3) is 0.0833. The van der Waals surface area contributed by atoms with E-state index in [2.05, 4.69) is 5.48 Å². The van der Waals surface area contributed by atoms with Crippen molar-refractivity contribution in [1.82, 2.24) is 5.48 Å². The lowest BCUT2D eigenvalue weighted by atomic mass is 10.0. The van der Waals surface area contributed by atoms with Crippen LogP contribution in [-0.4, -0.2) is 5.91 Å². The van der Waals surface area contributed by atoms with Crippen molar-refractivity contribution in [3.63, 3.8) is 0 Å². The summed E-state index contributed by atoms with van der Waals surface area (Å²) in [5.74, 6) is -0.0221. The number of amides is 1. The van der Waals surface area contributed by atoms with Gasteiger partial charge >= 0.3 is 0 Å². The highest BCUT2D eigenvalue weighted by Crippen LogP contribution is 2.27. The number of hydrogen-bond donors (Lipinski definition) is 1. The van der Waals surface area contributed by atoms with Crippen LogP contribution in [0, 0.1) is 6.92 Å². The molecule has 1 aromatic heterocycles. The molecule has 0 atom stereocenters. The minimum Gasteiger partial charge on any atom is -0.455 e. The number of nitrogens with one attached hydrogen (secondary N) is 1. The predicted molar refractivity (Wildman–Crippen MR) is 111 cm³/mol. The van der Waals surface area contributed by atoms with E-state index in [4.69, 9.17) is 9.25 Å². The molecule has 0 bridgehead atoms. The molecule has 0 aliphatic rings. The molecular weight excluding hydrogens is 366 g/mol. The molecule has 1 amide bonds. The Balaban J connectivity index is 1.68. The number of para-hydroxylation sites is 1. The van der Waals surface area contributed by atoms with Gasteiger partial charge < -0.3 is 4.42 Å². The third-order valence-electron chi connectivity index (χ3n) is 4.67. The topological polar surface area (TPSA) is 68.5 Å². The van der Waals surface area contributed by atoms with Crippen LogP contribution in [0.5, 0.6) is 0 Å². The highest BCUT2D eigenvalue weighted by molar-refractivity contribution is 6.04. The van der Waals surface area contributed by atoms with Crippen molar-refractivity contribution < 1.29 is 14.0 Å². The van der Waals surface area contributed by atoms with Gasteiger partial charge in [-0.2, -0.15) is 0 Å². The summed E-state index contributed by atoms with van der Waals surface area (Å²) in [4.78, 5) is 30.9. The number of hydrogen-bond acceptors (Lipinski definition) is 4. The number of carbonyl (C=O) groups excluding carboxylic acids is 1. The zero-order chi connectivity index (χ0) is 20.2. The van der Waals surface area contributed by atoms with E-state index < -0.39 is 5.91 Å². The van der Waals surface area contributed by atoms with Crippen molar-refractivity contribution in [3.8, 4) is 11.3 Å². The van der Waals surface area contributed by atoms with E-state index in [1.807, 2.05) is 60.7 Å². The fourth-order valence-electron chi connectivity index (χ4n) is 3.17. The molecule has 3 aromatic carbocycles. The molecule has 29 heavy (non-hydrogen) atoms. The second kappa shape index (κ2) is 8.12. The number of fused-ring (bicyclic) bond motifs is 1. The van der Waals surface area contributed by atoms with Gasteiger partial charge in [0.15, 0.2) is 11.0 Å². The van der Waals surface area contributed by atoms with Crippen LogP contribution in [0.2, 0.25) is 0 Å². The minimum atomic E-state index is -0.474. The van der Waals surface area contributed by atoms with Crippen molar-refractivity contribution in [2.45, 2.75) is 13.5 Å². The van der Waals surface area contributed by atoms with Gasteiger partial charge in [0.2, 0.25) is 0 Å². The molecule has 0 unspecified atom stereocenters. The summed E-state index contributed by atoms with van der Waals surface area (Å²) in [5.41, 5.74) is 4.96. The Morgan fingerprint density at radius 3 is 2.34 bits per heavy atom. The van der Waals surface area contributed by atoms with Crippen LogP contribution in [0.3, 0.4) is 0 Å². The summed E-state index contributed by atoms with van der Waals surface area (Å²) in [6, 6.07) is 23.8. The van der Waals surface area contributed by atoms with Gasteiger partial charge in [0.25, 0.3) is 5.91 Å². The number of benzene rings is 3. The fourth-order valence-corrected chi connectivity index (χ4v) is 3.17. The number of carbonyl (C=O) groups is 1. The largest absolute Gasteiger partial charge is 0.455 e. The van der Waals surface area contributed by atoms with Crippen LogP contribution in [0.15, 0.2) is 88.1 Å². The van der Waals surface area contributed by atoms with Gasteiger partial charge in [-0.05, 0) is 24.6 Å². The molecule has 0 fully saturated rings. The summed E-state index contributed by atoms with van der Waals surface area (Å²) < 4.78 is 6.06. The molecule has 0 aliphatic heterocycles. The predicted octanol–water partition coefficient (Wildman–Crippen LogP) is 4.63. The van der Waals surface area contributed by atoms with Gasteiger partial charge in [0.05, 0.1) is 17.6 Å². The van der Waals surface area contributed by atoms with E-state index >= 15 is 0 Å². The Hall–Kier alpha value is -3.70. The third-order valence-corrected chi connectivity index (χ3v) is 4.67. The van der Waals surface area contributed by atoms with Gasteiger partial charge in [0, 0.05) is 11.1 Å². The van der Waals surface area contributed by atoms with Gasteiger partial charge in [0.1, 0.15) is 5.76 Å². The Bertz CT molecular complexity index is 1210. The SMILES string of the molecule is Cc1c(-c2ccccc2)oc2c(C(=O)NOCc3ccccc3)cccc2c1=O. The first kappa shape index (κ1) is 18.7. The van der Waals surface area contributed by atoms with Crippen LogP contribution in [0.4, 0.5) is 0 Å². The second-order valence-electron chi connectivity index (χ2n) is 6.64. The van der Waals surface area contributed by atoms with E-state index in [1.165, 1.54) is 0 Å². The molecule has 4 rings (SSSR count). The number of hydroxylamine groups is 1. The Morgan fingerprint density at radius 2 is 1.62 bits per heavy atom. The lowest BCUT2D eigenvalue weighted by Crippen LogP contribution is -2.24. The summed E-state index contributed by atoms with van der Waals surface area (Å²) >= 11 is 0. The number of rotatable bonds is 5. The van der Waals surface area contributed by atoms with Crippen molar-refractivity contribution in [1.29, 1.82) is 0 Å². The molecular formula is C24H19NO4. The molecule has 4 aromatic rings. The van der Waals surface area contributed by atoms with Crippen molar-refractivity contribution in [3.05, 3.63) is 106 Å². The highest BCUT2D eigenvalue weighted by Gasteiger charge is 2.18. The van der Waals surface area contributed by atoms with E-state index in [9.17, 15) is 9.59 Å². The van der Waals surface area contributed by atoms with E-state index in [0.717, 1.165) is 11.1 Å². The molecule has 0 saturated carbocycles. The monoisotopic (exact) mass is 385 g/mol. The smallest absolute Gasteiger partial charge is 0.278 e. The Morgan fingerprint density at radius 1 is 0.931 bits per heavy atom. The average molecular weight is 385 g/mol. The van der Waals surface area contributed by atoms with Crippen molar-refractivity contribution in [2.75, 3.05) is 0 Å². The minimum absolute atomic E-state index is 0.162. The van der Waals surface area contributed by atoms with Crippen molar-refractivity contribution >= 4 is 16.9 Å². The molecule has 0 spiro atoms. The molecule has 0 aliphatic carbocycles. The molecule has 1 N–H and O–H groups in total. The van der Waals surface area contributed by atoms with Crippen molar-refractivity contribution in [2.24, 2.45) is 0 Å². The first-order valence-electron chi connectivity index (χ1n) is 9.23. The Labute approximate surface area is 167 Å². The lowest BCUT2D eigenvalue weighted by molar-refractivity contribution is 0.0234. The molecule has 0 radical (unpaired) electrons. The molecule has 1 heterocycles. The van der Waals surface area contributed by atoms with Gasteiger partial charge in [-0.3, -0.25) is 14.4 Å². The summed E-state index contributed by atoms with van der Waals surface area (Å²) in [5, 5.41) is 0.359. The average Bonchev–Trinajstić information content (AvgIpc) is 2.77. The van der Waals surface area contributed by atoms with Crippen LogP contribution in [-0.2, 0) is 11.4 Å². The van der Waals surface area contributed by atoms with E-state index in [1.54, 1.807) is 25.1 Å². The summed E-state index contributed by atoms with van der Waals surface area (Å²) in [6.07, 6.45) is 0. The first-order chi connectivity index (χ1) is 14.1. The molecule has 5 heteroatoms. The quantitative estimate of drug-likeness (QED) is 0.509. The molecule has 144 valence electrons. The maximum atomic E-state index is 12.9. The third kappa shape index (κ3) is 3.81. The standard InChI is InChI=1S/C24H19NO4/c1-16-21(26)19-13-8-14-20(23(19)29-22(16)18-11-6-3-7-12-18)24(27)25-28-15-17-9-4-2-5-10-17/h2-14H,15H2,1H3,(H,25,27). The van der Waals surface area contributed by atoms with Gasteiger partial charge in [-0.15, -0.1) is 0 Å². The van der Waals surface area contributed by atoms with Crippen LogP contribution in [0.1, 0.15) is 21.5 Å². The summed E-state index contributed by atoms with van der Waals surface area (Å²) in [7, 11) is 0.